The molecule has 43 heavy (non-hydrogen) atoms. The normalized spacial score (nSPS) is 16.5. The average Bonchev–Trinajstić information content (AvgIpc) is 3.30. The van der Waals surface area contributed by atoms with Crippen molar-refractivity contribution in [1.29, 1.82) is 0 Å². The molecule has 1 aliphatic carbocycles. The minimum atomic E-state index is -0.937. The van der Waals surface area contributed by atoms with Gasteiger partial charge < -0.3 is 29.2 Å². The van der Waals surface area contributed by atoms with E-state index in [1.54, 1.807) is 39.8 Å². The molecule has 0 saturated heterocycles. The van der Waals surface area contributed by atoms with E-state index in [0.717, 1.165) is 39.0 Å². The van der Waals surface area contributed by atoms with Gasteiger partial charge in [-0.1, -0.05) is 43.0 Å². The lowest BCUT2D eigenvalue weighted by Gasteiger charge is -2.27. The number of allylic oxidation sites excluding steroid dienone is 1. The molecule has 0 aromatic heterocycles. The number of hydrogen-bond acceptors (Lipinski definition) is 9. The van der Waals surface area contributed by atoms with Crippen LogP contribution in [-0.2, 0) is 25.5 Å². The molecular formula is C34H36O8S. The second-order valence-corrected chi connectivity index (χ2v) is 11.7. The Kier molecular flexibility index (Phi) is 8.64. The van der Waals surface area contributed by atoms with Gasteiger partial charge in [0.15, 0.2) is 23.7 Å². The summed E-state index contributed by atoms with van der Waals surface area (Å²) in [7, 11) is 0. The fourth-order valence-electron chi connectivity index (χ4n) is 5.83. The third-order valence-electron chi connectivity index (χ3n) is 7.69. The van der Waals surface area contributed by atoms with Crippen molar-refractivity contribution < 1.29 is 38.7 Å². The fraction of sp³-hybridized carbons (Fsp3) is 0.353. The van der Waals surface area contributed by atoms with Gasteiger partial charge in [0.05, 0.1) is 23.0 Å². The van der Waals surface area contributed by atoms with Gasteiger partial charge >= 0.3 is 11.9 Å². The molecule has 0 saturated carbocycles. The van der Waals surface area contributed by atoms with Gasteiger partial charge in [-0.3, -0.25) is 0 Å². The predicted molar refractivity (Wildman–Crippen MR) is 164 cm³/mol. The zero-order chi connectivity index (χ0) is 31.0. The van der Waals surface area contributed by atoms with Crippen LogP contribution in [0.1, 0.15) is 62.4 Å². The fourth-order valence-corrected chi connectivity index (χ4v) is 6.94. The number of phenols is 2. The van der Waals surface area contributed by atoms with Crippen molar-refractivity contribution in [2.24, 2.45) is 5.92 Å². The highest BCUT2D eigenvalue weighted by Gasteiger charge is 2.37. The first kappa shape index (κ1) is 30.4. The van der Waals surface area contributed by atoms with Crippen molar-refractivity contribution in [2.45, 2.75) is 70.0 Å². The number of esters is 2. The van der Waals surface area contributed by atoms with Crippen molar-refractivity contribution in [1.82, 2.24) is 0 Å². The standard InChI is InChI=1S/C34H36O8S/c1-7-39-33(37)19(5)41-26-16-21-15-17(3)27(28(21)18(4)30(26)42-20(6)34(38)40-8-2)29-22-11-9-13-24(35)31(22)43-32-23(29)12-10-14-25(32)36/h9-14,16-17,19-20,35-36H,7-8,15H2,1-6H3/t17-,19-,20-/m1/s1. The number of rotatable bonds is 8. The van der Waals surface area contributed by atoms with Crippen molar-refractivity contribution in [3.8, 4) is 23.0 Å². The monoisotopic (exact) mass is 604 g/mol. The Morgan fingerprint density at radius 2 is 1.44 bits per heavy atom. The van der Waals surface area contributed by atoms with Crippen LogP contribution in [0.25, 0.3) is 11.1 Å². The first-order valence-electron chi connectivity index (χ1n) is 14.5. The third-order valence-corrected chi connectivity index (χ3v) is 8.96. The van der Waals surface area contributed by atoms with E-state index in [1.807, 2.05) is 37.3 Å². The SMILES string of the molecule is CCOC(=O)[C@@H](C)Oc1cc2c(c(C)c1O[C@H](C)C(=O)OCC)C(=C1c3cccc(O)c3Sc3c(O)cccc31)[C@H](C)C2. The second kappa shape index (κ2) is 12.2. The molecule has 3 aromatic carbocycles. The number of carbonyl (C=O) groups is 2. The number of fused-ring (bicyclic) bond motifs is 3. The maximum Gasteiger partial charge on any atom is 0.347 e. The molecule has 2 N–H and O–H groups in total. The van der Waals surface area contributed by atoms with Crippen molar-refractivity contribution in [3.63, 3.8) is 0 Å². The van der Waals surface area contributed by atoms with E-state index in [2.05, 4.69) is 6.92 Å². The van der Waals surface area contributed by atoms with E-state index in [1.165, 1.54) is 11.8 Å². The molecule has 3 atom stereocenters. The first-order chi connectivity index (χ1) is 20.6. The lowest BCUT2D eigenvalue weighted by molar-refractivity contribution is -0.152. The molecule has 0 fully saturated rings. The van der Waals surface area contributed by atoms with Crippen LogP contribution in [0, 0.1) is 12.8 Å². The van der Waals surface area contributed by atoms with Crippen LogP contribution in [0.3, 0.4) is 0 Å². The summed E-state index contributed by atoms with van der Waals surface area (Å²) >= 11 is 1.35. The van der Waals surface area contributed by atoms with E-state index < -0.39 is 24.1 Å². The maximum absolute atomic E-state index is 12.6. The summed E-state index contributed by atoms with van der Waals surface area (Å²) in [5.74, 6) is -0.0279. The van der Waals surface area contributed by atoms with Gasteiger partial charge in [-0.15, -0.1) is 0 Å². The Morgan fingerprint density at radius 1 is 0.907 bits per heavy atom. The zero-order valence-electron chi connectivity index (χ0n) is 25.1. The molecular weight excluding hydrogens is 568 g/mol. The highest BCUT2D eigenvalue weighted by molar-refractivity contribution is 7.99. The van der Waals surface area contributed by atoms with E-state index in [4.69, 9.17) is 18.9 Å². The molecule has 0 amide bonds. The summed E-state index contributed by atoms with van der Waals surface area (Å²) in [5.41, 5.74) is 6.38. The number of benzene rings is 3. The van der Waals surface area contributed by atoms with E-state index in [9.17, 15) is 19.8 Å². The molecule has 0 bridgehead atoms. The van der Waals surface area contributed by atoms with Crippen molar-refractivity contribution in [3.05, 3.63) is 70.3 Å². The van der Waals surface area contributed by atoms with Gasteiger partial charge in [-0.2, -0.15) is 0 Å². The molecule has 8 nitrogen and oxygen atoms in total. The molecule has 9 heteroatoms. The molecule has 2 aliphatic rings. The van der Waals surface area contributed by atoms with Gasteiger partial charge in [-0.05, 0) is 87.4 Å². The minimum Gasteiger partial charge on any atom is -0.507 e. The van der Waals surface area contributed by atoms with Gasteiger partial charge in [0.1, 0.15) is 11.5 Å². The van der Waals surface area contributed by atoms with Gasteiger partial charge in [0.2, 0.25) is 0 Å². The molecule has 0 spiro atoms. The first-order valence-corrected chi connectivity index (χ1v) is 15.3. The van der Waals surface area contributed by atoms with Gasteiger partial charge in [-0.25, -0.2) is 9.59 Å². The smallest absolute Gasteiger partial charge is 0.347 e. The van der Waals surface area contributed by atoms with Crippen LogP contribution in [0.2, 0.25) is 0 Å². The van der Waals surface area contributed by atoms with E-state index in [-0.39, 0.29) is 30.6 Å². The maximum atomic E-state index is 12.6. The largest absolute Gasteiger partial charge is 0.507 e. The molecule has 0 radical (unpaired) electrons. The van der Waals surface area contributed by atoms with Crippen molar-refractivity contribution >= 4 is 34.8 Å². The summed E-state index contributed by atoms with van der Waals surface area (Å²) in [5, 5.41) is 21.7. The van der Waals surface area contributed by atoms with Gasteiger partial charge in [0, 0.05) is 16.7 Å². The Labute approximate surface area is 255 Å². The highest BCUT2D eigenvalue weighted by atomic mass is 32.2. The summed E-state index contributed by atoms with van der Waals surface area (Å²) in [6.45, 7) is 11.2. The molecule has 0 unspecified atom stereocenters. The number of aromatic hydroxyl groups is 2. The topological polar surface area (TPSA) is 112 Å². The molecule has 1 heterocycles. The lowest BCUT2D eigenvalue weighted by atomic mass is 9.85. The summed E-state index contributed by atoms with van der Waals surface area (Å²) in [6.07, 6.45) is -1.16. The molecule has 3 aromatic rings. The minimum absolute atomic E-state index is 0.0465. The Bertz CT molecular complexity index is 1570. The predicted octanol–water partition coefficient (Wildman–Crippen LogP) is 6.68. The third kappa shape index (κ3) is 5.54. The molecule has 226 valence electrons. The summed E-state index contributed by atoms with van der Waals surface area (Å²) in [4.78, 5) is 26.4. The van der Waals surface area contributed by atoms with Crippen LogP contribution in [0.5, 0.6) is 23.0 Å². The lowest BCUT2D eigenvalue weighted by Crippen LogP contribution is -2.29. The van der Waals surface area contributed by atoms with Crippen LogP contribution in [-0.4, -0.2) is 47.6 Å². The Hall–Kier alpha value is -4.11. The highest BCUT2D eigenvalue weighted by Crippen LogP contribution is 2.57. The number of ether oxygens (including phenoxy) is 4. The summed E-state index contributed by atoms with van der Waals surface area (Å²) < 4.78 is 22.7. The number of hydrogen-bond donors (Lipinski definition) is 2. The van der Waals surface area contributed by atoms with E-state index >= 15 is 0 Å². The van der Waals surface area contributed by atoms with Crippen LogP contribution in [0.15, 0.2) is 52.3 Å². The number of phenolic OH excluding ortho intramolecular Hbond substituents is 2. The average molecular weight is 605 g/mol. The summed E-state index contributed by atoms with van der Waals surface area (Å²) in [6, 6.07) is 12.8. The molecule has 1 aliphatic heterocycles. The van der Waals surface area contributed by atoms with Gasteiger partial charge in [0.25, 0.3) is 0 Å². The second-order valence-electron chi connectivity index (χ2n) is 10.7. The van der Waals surface area contributed by atoms with Crippen LogP contribution >= 0.6 is 11.8 Å². The van der Waals surface area contributed by atoms with Crippen LogP contribution in [0.4, 0.5) is 0 Å². The molecule has 5 rings (SSSR count). The zero-order valence-corrected chi connectivity index (χ0v) is 26.0. The van der Waals surface area contributed by atoms with Crippen molar-refractivity contribution in [2.75, 3.05) is 13.2 Å². The number of carbonyl (C=O) groups excluding carboxylic acids is 2. The Morgan fingerprint density at radius 3 is 1.98 bits per heavy atom. The Balaban J connectivity index is 1.75. The van der Waals surface area contributed by atoms with E-state index in [0.29, 0.717) is 27.7 Å². The quantitative estimate of drug-likeness (QED) is 0.213. The van der Waals surface area contributed by atoms with Crippen LogP contribution < -0.4 is 9.47 Å².